The number of Topliss-reactive ketones (excluding diaryl/α,β-unsaturated/α-hetero) is 1. The number of nitrogens with zero attached hydrogens (tertiary/aromatic N) is 2. The molecule has 3 aliphatic heterocycles. The highest BCUT2D eigenvalue weighted by atomic mass is 32.1. The molecular formula is C29H36FN3O5S. The first kappa shape index (κ1) is 27.9. The van der Waals surface area contributed by atoms with Crippen molar-refractivity contribution in [2.45, 2.75) is 57.6 Å². The number of ether oxygens (including phenoxy) is 2. The second-order valence-corrected chi connectivity index (χ2v) is 12.1. The van der Waals surface area contributed by atoms with Gasteiger partial charge in [-0.05, 0) is 49.1 Å². The highest BCUT2D eigenvalue weighted by molar-refractivity contribution is 7.15. The molecule has 10 heteroatoms. The van der Waals surface area contributed by atoms with Crippen LogP contribution in [0, 0.1) is 5.92 Å². The highest BCUT2D eigenvalue weighted by Gasteiger charge is 2.53. The van der Waals surface area contributed by atoms with Gasteiger partial charge in [0.05, 0.1) is 19.8 Å². The van der Waals surface area contributed by atoms with Crippen LogP contribution in [0.3, 0.4) is 0 Å². The van der Waals surface area contributed by atoms with E-state index in [9.17, 15) is 18.8 Å². The van der Waals surface area contributed by atoms with Crippen molar-refractivity contribution in [3.8, 4) is 10.4 Å². The van der Waals surface area contributed by atoms with E-state index in [0.717, 1.165) is 36.7 Å². The normalized spacial score (nSPS) is 25.1. The first-order valence-corrected chi connectivity index (χ1v) is 14.5. The summed E-state index contributed by atoms with van der Waals surface area (Å²) in [5.74, 6) is -1.02. The Balaban J connectivity index is 1.26. The predicted molar refractivity (Wildman–Crippen MR) is 146 cm³/mol. The lowest BCUT2D eigenvalue weighted by Crippen LogP contribution is -2.52. The first-order chi connectivity index (χ1) is 18.7. The van der Waals surface area contributed by atoms with Crippen LogP contribution in [0.2, 0.25) is 0 Å². The Morgan fingerprint density at radius 1 is 1.10 bits per heavy atom. The Morgan fingerprint density at radius 2 is 1.82 bits per heavy atom. The number of morpholine rings is 1. The van der Waals surface area contributed by atoms with Crippen LogP contribution in [-0.4, -0.2) is 91.2 Å². The van der Waals surface area contributed by atoms with Crippen LogP contribution in [-0.2, 0) is 19.1 Å². The summed E-state index contributed by atoms with van der Waals surface area (Å²) < 4.78 is 25.2. The average molecular weight is 558 g/mol. The zero-order valence-corrected chi connectivity index (χ0v) is 23.4. The number of halogens is 1. The van der Waals surface area contributed by atoms with E-state index in [-0.39, 0.29) is 30.8 Å². The SMILES string of the molecule is CC(C)C[C@H](NC(=O)c1ccc(-c2ccc(C(C)N3CCOCC3)s2)cc1)C(=O)N1C[C@H](F)[C@H]2OCC(=O)[C@H]21. The van der Waals surface area contributed by atoms with Crippen molar-refractivity contribution in [3.05, 3.63) is 46.8 Å². The van der Waals surface area contributed by atoms with Gasteiger partial charge in [0, 0.05) is 34.4 Å². The number of ketones is 1. The van der Waals surface area contributed by atoms with Gasteiger partial charge in [-0.3, -0.25) is 19.3 Å². The van der Waals surface area contributed by atoms with Crippen LogP contribution in [0.15, 0.2) is 36.4 Å². The van der Waals surface area contributed by atoms with Gasteiger partial charge in [-0.15, -0.1) is 11.3 Å². The van der Waals surface area contributed by atoms with Gasteiger partial charge in [-0.1, -0.05) is 26.0 Å². The molecule has 5 atom stereocenters. The molecule has 2 amide bonds. The van der Waals surface area contributed by atoms with Crippen molar-refractivity contribution in [2.24, 2.45) is 5.92 Å². The molecule has 2 aromatic rings. The molecule has 4 heterocycles. The molecule has 0 spiro atoms. The van der Waals surface area contributed by atoms with Crippen LogP contribution < -0.4 is 5.32 Å². The van der Waals surface area contributed by atoms with Crippen LogP contribution >= 0.6 is 11.3 Å². The van der Waals surface area contributed by atoms with Crippen molar-refractivity contribution in [3.63, 3.8) is 0 Å². The van der Waals surface area contributed by atoms with Crippen LogP contribution in [0.5, 0.6) is 0 Å². The number of rotatable bonds is 8. The third-order valence-corrected chi connectivity index (χ3v) is 9.08. The van der Waals surface area contributed by atoms with Gasteiger partial charge >= 0.3 is 0 Å². The molecule has 0 aliphatic carbocycles. The molecule has 1 aromatic carbocycles. The smallest absolute Gasteiger partial charge is 0.251 e. The molecule has 1 aromatic heterocycles. The fraction of sp³-hybridized carbons (Fsp3) is 0.552. The topological polar surface area (TPSA) is 88.2 Å². The van der Waals surface area contributed by atoms with Crippen LogP contribution in [0.4, 0.5) is 4.39 Å². The number of benzene rings is 1. The summed E-state index contributed by atoms with van der Waals surface area (Å²) in [6.07, 6.45) is -1.95. The summed E-state index contributed by atoms with van der Waals surface area (Å²) >= 11 is 1.74. The Bertz CT molecular complexity index is 1200. The third kappa shape index (κ3) is 5.94. The molecule has 210 valence electrons. The fourth-order valence-corrected chi connectivity index (χ4v) is 6.72. The molecule has 3 aliphatic rings. The number of alkyl halides is 1. The van der Waals surface area contributed by atoms with E-state index in [2.05, 4.69) is 29.3 Å². The lowest BCUT2D eigenvalue weighted by Gasteiger charge is -2.31. The number of carbonyl (C=O) groups excluding carboxylic acids is 3. The lowest BCUT2D eigenvalue weighted by molar-refractivity contribution is -0.138. The summed E-state index contributed by atoms with van der Waals surface area (Å²) in [7, 11) is 0. The molecule has 3 saturated heterocycles. The van der Waals surface area contributed by atoms with Gasteiger partial charge < -0.3 is 19.7 Å². The highest BCUT2D eigenvalue weighted by Crippen LogP contribution is 2.34. The molecule has 1 unspecified atom stereocenters. The zero-order valence-electron chi connectivity index (χ0n) is 22.6. The summed E-state index contributed by atoms with van der Waals surface area (Å²) in [4.78, 5) is 45.0. The van der Waals surface area contributed by atoms with Crippen molar-refractivity contribution in [1.29, 1.82) is 0 Å². The molecule has 3 fully saturated rings. The Kier molecular flexibility index (Phi) is 8.46. The molecule has 5 rings (SSSR count). The zero-order chi connectivity index (χ0) is 27.7. The van der Waals surface area contributed by atoms with E-state index in [0.29, 0.717) is 18.0 Å². The van der Waals surface area contributed by atoms with Gasteiger partial charge in [0.15, 0.2) is 5.78 Å². The first-order valence-electron chi connectivity index (χ1n) is 13.6. The second-order valence-electron chi connectivity index (χ2n) is 11.0. The maximum absolute atomic E-state index is 14.5. The van der Waals surface area contributed by atoms with E-state index >= 15 is 0 Å². The molecule has 0 bridgehead atoms. The number of fused-ring (bicyclic) bond motifs is 1. The summed E-state index contributed by atoms with van der Waals surface area (Å²) in [5, 5.41) is 2.85. The number of hydrogen-bond donors (Lipinski definition) is 1. The summed E-state index contributed by atoms with van der Waals surface area (Å²) in [6.45, 7) is 9.10. The number of likely N-dealkylation sites (tertiary alicyclic amines) is 1. The van der Waals surface area contributed by atoms with E-state index in [1.165, 1.54) is 9.78 Å². The van der Waals surface area contributed by atoms with E-state index < -0.39 is 30.3 Å². The summed E-state index contributed by atoms with van der Waals surface area (Å²) in [6, 6.07) is 10.1. The number of amides is 2. The fourth-order valence-electron chi connectivity index (χ4n) is 5.62. The minimum Gasteiger partial charge on any atom is -0.379 e. The molecule has 39 heavy (non-hydrogen) atoms. The standard InChI is InChI=1S/C29H36FN3O5S/c1-17(2)14-22(29(36)33-15-21(30)27-26(33)23(34)16-38-27)31-28(35)20-6-4-19(5-7-20)25-9-8-24(39-25)18(3)32-10-12-37-13-11-32/h4-9,17-18,21-22,26-27H,10-16H2,1-3H3,(H,31,35)/t18?,21-,22-,26+,27+/m0/s1. The molecule has 8 nitrogen and oxygen atoms in total. The Hall–Kier alpha value is -2.66. The molecule has 0 radical (unpaired) electrons. The third-order valence-electron chi connectivity index (χ3n) is 7.78. The number of nitrogens with one attached hydrogen (secondary N) is 1. The van der Waals surface area contributed by atoms with Gasteiger partial charge in [-0.2, -0.15) is 0 Å². The Labute approximate surface area is 232 Å². The van der Waals surface area contributed by atoms with E-state index in [1.54, 1.807) is 23.5 Å². The monoisotopic (exact) mass is 557 g/mol. The molecule has 0 saturated carbocycles. The van der Waals surface area contributed by atoms with Crippen molar-refractivity contribution in [2.75, 3.05) is 39.5 Å². The summed E-state index contributed by atoms with van der Waals surface area (Å²) in [5.41, 5.74) is 1.45. The van der Waals surface area contributed by atoms with Crippen molar-refractivity contribution in [1.82, 2.24) is 15.1 Å². The predicted octanol–water partition coefficient (Wildman–Crippen LogP) is 3.47. The van der Waals surface area contributed by atoms with Gasteiger partial charge in [0.2, 0.25) is 5.91 Å². The number of carbonyl (C=O) groups is 3. The van der Waals surface area contributed by atoms with Crippen LogP contribution in [0.25, 0.3) is 10.4 Å². The van der Waals surface area contributed by atoms with Crippen molar-refractivity contribution < 1.29 is 28.2 Å². The largest absolute Gasteiger partial charge is 0.379 e. The maximum atomic E-state index is 14.5. The van der Waals surface area contributed by atoms with Gasteiger partial charge in [0.1, 0.15) is 31.0 Å². The average Bonchev–Trinajstić information content (AvgIpc) is 3.66. The molecule has 1 N–H and O–H groups in total. The van der Waals surface area contributed by atoms with Crippen LogP contribution in [0.1, 0.15) is 48.5 Å². The van der Waals surface area contributed by atoms with Crippen molar-refractivity contribution >= 4 is 28.9 Å². The Morgan fingerprint density at radius 3 is 2.51 bits per heavy atom. The van der Waals surface area contributed by atoms with E-state index in [4.69, 9.17) is 9.47 Å². The van der Waals surface area contributed by atoms with Gasteiger partial charge in [-0.25, -0.2) is 4.39 Å². The van der Waals surface area contributed by atoms with E-state index in [1.807, 2.05) is 26.0 Å². The maximum Gasteiger partial charge on any atom is 0.251 e. The minimum absolute atomic E-state index is 0.101. The molecular weight excluding hydrogens is 521 g/mol. The number of hydrogen-bond acceptors (Lipinski definition) is 7. The quantitative estimate of drug-likeness (QED) is 0.535. The minimum atomic E-state index is -1.41. The van der Waals surface area contributed by atoms with Gasteiger partial charge in [0.25, 0.3) is 5.91 Å². The second kappa shape index (κ2) is 11.8. The lowest BCUT2D eigenvalue weighted by atomic mass is 10.0. The number of thiophene rings is 1.